The van der Waals surface area contributed by atoms with Gasteiger partial charge in [0.15, 0.2) is 0 Å². The number of unbranched alkanes of at least 4 members (excludes halogenated alkanes) is 1. The van der Waals surface area contributed by atoms with E-state index >= 15 is 0 Å². The van der Waals surface area contributed by atoms with Crippen LogP contribution in [0.4, 0.5) is 0 Å². The Morgan fingerprint density at radius 3 is 2.28 bits per heavy atom. The largest absolute Gasteiger partial charge is 0.353 e. The van der Waals surface area contributed by atoms with E-state index in [1.165, 1.54) is 44.0 Å². The minimum atomic E-state index is 0. The van der Waals surface area contributed by atoms with Gasteiger partial charge in [-0.3, -0.25) is 9.59 Å². The predicted molar refractivity (Wildman–Crippen MR) is 179 cm³/mol. The predicted octanol–water partition coefficient (Wildman–Crippen LogP) is 4.82. The van der Waals surface area contributed by atoms with Gasteiger partial charge in [-0.05, 0) is 113 Å². The third kappa shape index (κ3) is 10.4. The molecule has 1 atom stereocenters. The average molecular weight is 612 g/mol. The fourth-order valence-corrected chi connectivity index (χ4v) is 7.18. The first-order chi connectivity index (χ1) is 20.7. The van der Waals surface area contributed by atoms with Gasteiger partial charge in [0.05, 0.1) is 6.42 Å². The van der Waals surface area contributed by atoms with E-state index in [9.17, 15) is 9.59 Å². The van der Waals surface area contributed by atoms with Crippen LogP contribution in [0.25, 0.3) is 10.8 Å². The second kappa shape index (κ2) is 17.9. The Balaban J connectivity index is 0.00000423. The molecule has 2 aromatic carbocycles. The number of hydrogen-bond acceptors (Lipinski definition) is 5. The summed E-state index contributed by atoms with van der Waals surface area (Å²) >= 11 is 0. The van der Waals surface area contributed by atoms with Gasteiger partial charge in [-0.2, -0.15) is 0 Å². The number of nitrogens with one attached hydrogen (secondary N) is 4. The molecule has 0 spiro atoms. The van der Waals surface area contributed by atoms with Crippen molar-refractivity contribution in [2.75, 3.05) is 45.8 Å². The lowest BCUT2D eigenvalue weighted by Crippen LogP contribution is -2.46. The highest BCUT2D eigenvalue weighted by atomic mass is 35.5. The van der Waals surface area contributed by atoms with Crippen molar-refractivity contribution < 1.29 is 9.59 Å². The molecule has 2 heterocycles. The molecule has 1 aliphatic carbocycles. The van der Waals surface area contributed by atoms with E-state index in [-0.39, 0.29) is 30.3 Å². The molecule has 2 aliphatic heterocycles. The van der Waals surface area contributed by atoms with Crippen molar-refractivity contribution in [3.05, 3.63) is 48.0 Å². The lowest BCUT2D eigenvalue weighted by Gasteiger charge is -2.36. The summed E-state index contributed by atoms with van der Waals surface area (Å²) in [5, 5.41) is 16.5. The number of benzene rings is 2. The average Bonchev–Trinajstić information content (AvgIpc) is 3.03. The number of nitrogens with zero attached hydrogens (tertiary/aromatic N) is 1. The van der Waals surface area contributed by atoms with Crippen LogP contribution in [0.15, 0.2) is 42.5 Å². The van der Waals surface area contributed by atoms with Crippen LogP contribution in [0.1, 0.15) is 76.2 Å². The molecule has 8 heteroatoms. The lowest BCUT2D eigenvalue weighted by molar-refractivity contribution is -0.138. The monoisotopic (exact) mass is 611 g/mol. The maximum absolute atomic E-state index is 13.3. The molecule has 2 saturated heterocycles. The molecule has 2 aromatic rings. The first-order valence-corrected chi connectivity index (χ1v) is 16.9. The zero-order valence-corrected chi connectivity index (χ0v) is 26.8. The summed E-state index contributed by atoms with van der Waals surface area (Å²) in [4.78, 5) is 28.2. The molecule has 0 aromatic heterocycles. The maximum Gasteiger partial charge on any atom is 0.225 e. The highest BCUT2D eigenvalue weighted by molar-refractivity contribution is 5.90. The van der Waals surface area contributed by atoms with Gasteiger partial charge in [-0.25, -0.2) is 0 Å². The molecule has 43 heavy (non-hydrogen) atoms. The fraction of sp³-hybridized carbons (Fsp3) is 0.657. The van der Waals surface area contributed by atoms with Crippen LogP contribution >= 0.6 is 12.4 Å². The van der Waals surface area contributed by atoms with E-state index in [1.54, 1.807) is 0 Å². The van der Waals surface area contributed by atoms with Gasteiger partial charge < -0.3 is 26.2 Å². The van der Waals surface area contributed by atoms with Gasteiger partial charge >= 0.3 is 0 Å². The third-order valence-electron chi connectivity index (χ3n) is 9.79. The van der Waals surface area contributed by atoms with Crippen LogP contribution < -0.4 is 21.3 Å². The van der Waals surface area contributed by atoms with Crippen LogP contribution in [0.2, 0.25) is 0 Å². The smallest absolute Gasteiger partial charge is 0.225 e. The van der Waals surface area contributed by atoms with Crippen molar-refractivity contribution in [2.24, 2.45) is 11.8 Å². The van der Waals surface area contributed by atoms with Crippen molar-refractivity contribution in [1.82, 2.24) is 26.2 Å². The molecule has 3 fully saturated rings. The van der Waals surface area contributed by atoms with Gasteiger partial charge in [0.1, 0.15) is 0 Å². The second-order valence-electron chi connectivity index (χ2n) is 13.0. The molecule has 3 aliphatic rings. The van der Waals surface area contributed by atoms with Crippen molar-refractivity contribution >= 4 is 35.0 Å². The number of rotatable bonds is 13. The quantitative estimate of drug-likeness (QED) is 0.244. The maximum atomic E-state index is 13.3. The van der Waals surface area contributed by atoms with Gasteiger partial charge in [-0.15, -0.1) is 12.4 Å². The summed E-state index contributed by atoms with van der Waals surface area (Å²) in [5.74, 6) is 1.23. The van der Waals surface area contributed by atoms with E-state index in [1.807, 2.05) is 24.3 Å². The number of likely N-dealkylation sites (tertiary alicyclic amines) is 1. The van der Waals surface area contributed by atoms with Gasteiger partial charge in [0, 0.05) is 37.6 Å². The summed E-state index contributed by atoms with van der Waals surface area (Å²) in [6.45, 7) is 7.35. The van der Waals surface area contributed by atoms with Gasteiger partial charge in [0.2, 0.25) is 11.8 Å². The van der Waals surface area contributed by atoms with E-state index in [2.05, 4.69) is 44.4 Å². The summed E-state index contributed by atoms with van der Waals surface area (Å²) in [6, 6.07) is 15.2. The summed E-state index contributed by atoms with van der Waals surface area (Å²) in [5.41, 5.74) is 1.07. The number of piperidine rings is 2. The molecular weight excluding hydrogens is 558 g/mol. The van der Waals surface area contributed by atoms with Crippen molar-refractivity contribution in [1.29, 1.82) is 0 Å². The van der Waals surface area contributed by atoms with Crippen molar-refractivity contribution in [3.8, 4) is 0 Å². The zero-order chi connectivity index (χ0) is 29.0. The third-order valence-corrected chi connectivity index (χ3v) is 9.79. The van der Waals surface area contributed by atoms with Crippen LogP contribution in [-0.4, -0.2) is 74.6 Å². The molecule has 2 amide bonds. The second-order valence-corrected chi connectivity index (χ2v) is 13.0. The van der Waals surface area contributed by atoms with E-state index < -0.39 is 0 Å². The topological polar surface area (TPSA) is 85.5 Å². The molecule has 238 valence electrons. The number of halogens is 1. The van der Waals surface area contributed by atoms with Gasteiger partial charge in [-0.1, -0.05) is 48.9 Å². The van der Waals surface area contributed by atoms with Crippen LogP contribution in [-0.2, 0) is 16.0 Å². The Kier molecular flexibility index (Phi) is 14.1. The van der Waals surface area contributed by atoms with Crippen molar-refractivity contribution in [3.63, 3.8) is 0 Å². The highest BCUT2D eigenvalue weighted by Gasteiger charge is 2.32. The fourth-order valence-electron chi connectivity index (χ4n) is 7.18. The minimum Gasteiger partial charge on any atom is -0.353 e. The molecule has 0 radical (unpaired) electrons. The van der Waals surface area contributed by atoms with Crippen molar-refractivity contribution in [2.45, 2.75) is 89.1 Å². The van der Waals surface area contributed by atoms with E-state index in [0.717, 1.165) is 88.7 Å². The standard InChI is InChI=1S/C35H53N5O2.ClH/c41-34(24-30-10-7-9-28-8-1-2-12-33(28)30)39-31-15-13-29(14-16-31)35(42)40-22-17-27(18-23-40)25-36-19-5-6-20-37-26-32-11-3-4-21-38-32;/h1-2,7-10,12,27,29,31-32,36-38H,3-6,11,13-26H2,(H,39,41);1H. The molecule has 7 nitrogen and oxygen atoms in total. The number of carbonyl (C=O) groups is 2. The summed E-state index contributed by atoms with van der Waals surface area (Å²) in [7, 11) is 0. The molecule has 5 rings (SSSR count). The molecule has 1 saturated carbocycles. The Morgan fingerprint density at radius 2 is 1.53 bits per heavy atom. The van der Waals surface area contributed by atoms with Gasteiger partial charge in [0.25, 0.3) is 0 Å². The van der Waals surface area contributed by atoms with Crippen LogP contribution in [0.5, 0.6) is 0 Å². The minimum absolute atomic E-state index is 0. The zero-order valence-electron chi connectivity index (χ0n) is 26.0. The Bertz CT molecular complexity index is 1120. The van der Waals surface area contributed by atoms with Crippen LogP contribution in [0.3, 0.4) is 0 Å². The number of amides is 2. The highest BCUT2D eigenvalue weighted by Crippen LogP contribution is 2.28. The normalized spacial score (nSPS) is 23.1. The number of hydrogen-bond donors (Lipinski definition) is 4. The molecule has 4 N–H and O–H groups in total. The summed E-state index contributed by atoms with van der Waals surface area (Å²) in [6.07, 6.45) is 12.6. The number of carbonyl (C=O) groups excluding carboxylic acids is 2. The number of fused-ring (bicyclic) bond motifs is 1. The first kappa shape index (κ1) is 33.7. The Morgan fingerprint density at radius 1 is 0.814 bits per heavy atom. The summed E-state index contributed by atoms with van der Waals surface area (Å²) < 4.78 is 0. The van der Waals surface area contributed by atoms with E-state index in [0.29, 0.717) is 24.3 Å². The van der Waals surface area contributed by atoms with E-state index in [4.69, 9.17) is 0 Å². The lowest BCUT2D eigenvalue weighted by atomic mass is 9.84. The first-order valence-electron chi connectivity index (χ1n) is 16.9. The Hall–Kier alpha value is -2.19. The molecular formula is C35H54ClN5O2. The molecule has 1 unspecified atom stereocenters. The SMILES string of the molecule is Cl.O=C(Cc1cccc2ccccc12)NC1CCC(C(=O)N2CCC(CNCCCCNCC3CCCCN3)CC2)CC1. The van der Waals surface area contributed by atoms with Crippen LogP contribution in [0, 0.1) is 11.8 Å². The molecule has 0 bridgehead atoms. The Labute approximate surface area is 265 Å².